The van der Waals surface area contributed by atoms with Gasteiger partial charge in [0.15, 0.2) is 5.16 Å². The third-order valence-corrected chi connectivity index (χ3v) is 4.58. The molecular weight excluding hydrogens is 377 g/mol. The number of carbonyl (C=O) groups is 1. The summed E-state index contributed by atoms with van der Waals surface area (Å²) in [4.78, 5) is 12.2. The van der Waals surface area contributed by atoms with Gasteiger partial charge in [0.25, 0.3) is 0 Å². The summed E-state index contributed by atoms with van der Waals surface area (Å²) in [5.74, 6) is -0.0135. The minimum Gasteiger partial charge on any atom is -0.325 e. The molecule has 0 aliphatic rings. The first-order valence-corrected chi connectivity index (χ1v) is 8.91. The number of para-hydroxylation sites is 2. The van der Waals surface area contributed by atoms with Gasteiger partial charge in [-0.05, 0) is 31.2 Å². The second-order valence-corrected chi connectivity index (χ2v) is 6.52. The van der Waals surface area contributed by atoms with E-state index < -0.39 is 17.6 Å². The van der Waals surface area contributed by atoms with E-state index in [1.165, 1.54) is 18.2 Å². The number of hydrogen-bond donors (Lipinski definition) is 1. The zero-order chi connectivity index (χ0) is 19.4. The zero-order valence-corrected chi connectivity index (χ0v) is 15.0. The summed E-state index contributed by atoms with van der Waals surface area (Å²) in [5, 5.41) is 10.9. The number of thioether (sulfide) groups is 1. The van der Waals surface area contributed by atoms with Crippen LogP contribution in [0.4, 0.5) is 18.9 Å². The number of rotatable bonds is 5. The van der Waals surface area contributed by atoms with E-state index in [0.29, 0.717) is 11.0 Å². The SMILES string of the molecule is Cc1nnc(SCC(=O)Nc2ccccc2C(F)(F)F)n1-c1ccccc1. The van der Waals surface area contributed by atoms with Gasteiger partial charge in [-0.2, -0.15) is 13.2 Å². The number of carbonyl (C=O) groups excluding carboxylic acids is 1. The number of benzene rings is 2. The lowest BCUT2D eigenvalue weighted by Gasteiger charge is -2.13. The molecule has 5 nitrogen and oxygen atoms in total. The Morgan fingerprint density at radius 3 is 2.44 bits per heavy atom. The van der Waals surface area contributed by atoms with Gasteiger partial charge in [0.2, 0.25) is 5.91 Å². The molecule has 0 saturated heterocycles. The maximum atomic E-state index is 13.0. The quantitative estimate of drug-likeness (QED) is 0.657. The lowest BCUT2D eigenvalue weighted by atomic mass is 10.1. The topological polar surface area (TPSA) is 59.8 Å². The molecule has 2 aromatic carbocycles. The molecule has 0 fully saturated rings. The number of anilines is 1. The van der Waals surface area contributed by atoms with Crippen LogP contribution in [0, 0.1) is 6.92 Å². The van der Waals surface area contributed by atoms with Gasteiger partial charge in [-0.25, -0.2) is 0 Å². The van der Waals surface area contributed by atoms with E-state index in [9.17, 15) is 18.0 Å². The maximum absolute atomic E-state index is 13.0. The normalized spacial score (nSPS) is 11.4. The third kappa shape index (κ3) is 4.48. The van der Waals surface area contributed by atoms with Gasteiger partial charge >= 0.3 is 6.18 Å². The van der Waals surface area contributed by atoms with E-state index in [-0.39, 0.29) is 11.4 Å². The van der Waals surface area contributed by atoms with Crippen LogP contribution in [0.15, 0.2) is 59.8 Å². The summed E-state index contributed by atoms with van der Waals surface area (Å²) < 4.78 is 40.8. The molecule has 0 bridgehead atoms. The number of halogens is 3. The molecule has 0 saturated carbocycles. The molecule has 1 N–H and O–H groups in total. The Labute approximate surface area is 157 Å². The summed E-state index contributed by atoms with van der Waals surface area (Å²) in [6, 6.07) is 14.2. The molecule has 0 atom stereocenters. The molecule has 9 heteroatoms. The van der Waals surface area contributed by atoms with Crippen molar-refractivity contribution in [1.29, 1.82) is 0 Å². The number of amides is 1. The van der Waals surface area contributed by atoms with Crippen LogP contribution in [-0.4, -0.2) is 26.4 Å². The van der Waals surface area contributed by atoms with Crippen LogP contribution in [0.2, 0.25) is 0 Å². The van der Waals surface area contributed by atoms with Crippen molar-refractivity contribution in [3.8, 4) is 5.69 Å². The van der Waals surface area contributed by atoms with E-state index in [4.69, 9.17) is 0 Å². The summed E-state index contributed by atoms with van der Waals surface area (Å²) >= 11 is 1.10. The smallest absolute Gasteiger partial charge is 0.325 e. The molecule has 0 spiro atoms. The fourth-order valence-electron chi connectivity index (χ4n) is 2.47. The number of aromatic nitrogens is 3. The largest absolute Gasteiger partial charge is 0.418 e. The number of hydrogen-bond acceptors (Lipinski definition) is 4. The maximum Gasteiger partial charge on any atom is 0.418 e. The molecule has 1 heterocycles. The van der Waals surface area contributed by atoms with Crippen LogP contribution >= 0.6 is 11.8 Å². The van der Waals surface area contributed by atoms with Gasteiger partial charge in [-0.3, -0.25) is 9.36 Å². The van der Waals surface area contributed by atoms with Crippen molar-refractivity contribution in [3.63, 3.8) is 0 Å². The molecule has 1 amide bonds. The zero-order valence-electron chi connectivity index (χ0n) is 14.2. The third-order valence-electron chi connectivity index (χ3n) is 3.65. The van der Waals surface area contributed by atoms with E-state index in [1.807, 2.05) is 30.3 Å². The van der Waals surface area contributed by atoms with Crippen molar-refractivity contribution in [2.24, 2.45) is 0 Å². The highest BCUT2D eigenvalue weighted by Gasteiger charge is 2.33. The molecule has 1 aromatic heterocycles. The van der Waals surface area contributed by atoms with Crippen molar-refractivity contribution < 1.29 is 18.0 Å². The first-order valence-electron chi connectivity index (χ1n) is 7.92. The summed E-state index contributed by atoms with van der Waals surface area (Å²) in [6.07, 6.45) is -4.54. The standard InChI is InChI=1S/C18H15F3N4OS/c1-12-23-24-17(25(12)13-7-3-2-4-8-13)27-11-16(26)22-15-10-6-5-9-14(15)18(19,20)21/h2-10H,11H2,1H3,(H,22,26). The van der Waals surface area contributed by atoms with Crippen molar-refractivity contribution in [2.45, 2.75) is 18.3 Å². The van der Waals surface area contributed by atoms with Crippen molar-refractivity contribution >= 4 is 23.4 Å². The lowest BCUT2D eigenvalue weighted by molar-refractivity contribution is -0.137. The van der Waals surface area contributed by atoms with Crippen LogP contribution in [0.25, 0.3) is 5.69 Å². The molecule has 0 radical (unpaired) electrons. The first-order chi connectivity index (χ1) is 12.9. The first kappa shape index (κ1) is 19.0. The highest BCUT2D eigenvalue weighted by molar-refractivity contribution is 7.99. The molecule has 3 rings (SSSR count). The van der Waals surface area contributed by atoms with Crippen LogP contribution in [0.5, 0.6) is 0 Å². The van der Waals surface area contributed by atoms with Crippen molar-refractivity contribution in [1.82, 2.24) is 14.8 Å². The molecule has 0 unspecified atom stereocenters. The van der Waals surface area contributed by atoms with Gasteiger partial charge in [-0.15, -0.1) is 10.2 Å². The molecular formula is C18H15F3N4OS. The van der Waals surface area contributed by atoms with Gasteiger partial charge in [0.1, 0.15) is 5.82 Å². The Kier molecular flexibility index (Phi) is 5.50. The second-order valence-electron chi connectivity index (χ2n) is 5.58. The number of alkyl halides is 3. The highest BCUT2D eigenvalue weighted by Crippen LogP contribution is 2.34. The molecule has 0 aliphatic heterocycles. The summed E-state index contributed by atoms with van der Waals surface area (Å²) in [7, 11) is 0. The Morgan fingerprint density at radius 2 is 1.74 bits per heavy atom. The van der Waals surface area contributed by atoms with Gasteiger partial charge in [0, 0.05) is 5.69 Å². The lowest BCUT2D eigenvalue weighted by Crippen LogP contribution is -2.18. The average molecular weight is 392 g/mol. The fraction of sp³-hybridized carbons (Fsp3) is 0.167. The summed E-state index contributed by atoms with van der Waals surface area (Å²) in [5.41, 5.74) is -0.312. The molecule has 0 aliphatic carbocycles. The minimum absolute atomic E-state index is 0.100. The average Bonchev–Trinajstić information content (AvgIpc) is 3.01. The Morgan fingerprint density at radius 1 is 1.07 bits per heavy atom. The van der Waals surface area contributed by atoms with E-state index in [1.54, 1.807) is 11.5 Å². The minimum atomic E-state index is -4.54. The number of aryl methyl sites for hydroxylation is 1. The molecule has 3 aromatic rings. The molecule has 140 valence electrons. The summed E-state index contributed by atoms with van der Waals surface area (Å²) in [6.45, 7) is 1.78. The van der Waals surface area contributed by atoms with Crippen LogP contribution < -0.4 is 5.32 Å². The monoisotopic (exact) mass is 392 g/mol. The van der Waals surface area contributed by atoms with E-state index >= 15 is 0 Å². The predicted octanol–water partition coefficient (Wildman–Crippen LogP) is 4.33. The second kappa shape index (κ2) is 7.83. The Hall–Kier alpha value is -2.81. The predicted molar refractivity (Wildman–Crippen MR) is 96.9 cm³/mol. The fourth-order valence-corrected chi connectivity index (χ4v) is 3.26. The van der Waals surface area contributed by atoms with Crippen LogP contribution in [0.1, 0.15) is 11.4 Å². The van der Waals surface area contributed by atoms with Gasteiger partial charge in [0.05, 0.1) is 17.0 Å². The number of nitrogens with zero attached hydrogens (tertiary/aromatic N) is 3. The van der Waals surface area contributed by atoms with Gasteiger partial charge in [-0.1, -0.05) is 42.1 Å². The van der Waals surface area contributed by atoms with Crippen LogP contribution in [-0.2, 0) is 11.0 Å². The van der Waals surface area contributed by atoms with Crippen molar-refractivity contribution in [2.75, 3.05) is 11.1 Å². The Bertz CT molecular complexity index is 941. The number of nitrogens with one attached hydrogen (secondary N) is 1. The van der Waals surface area contributed by atoms with Crippen LogP contribution in [0.3, 0.4) is 0 Å². The van der Waals surface area contributed by atoms with Crippen molar-refractivity contribution in [3.05, 3.63) is 66.0 Å². The van der Waals surface area contributed by atoms with E-state index in [0.717, 1.165) is 23.5 Å². The Balaban J connectivity index is 1.72. The van der Waals surface area contributed by atoms with E-state index in [2.05, 4.69) is 15.5 Å². The highest BCUT2D eigenvalue weighted by atomic mass is 32.2. The molecule has 27 heavy (non-hydrogen) atoms. The van der Waals surface area contributed by atoms with Gasteiger partial charge < -0.3 is 5.32 Å².